The van der Waals surface area contributed by atoms with Crippen molar-refractivity contribution in [3.05, 3.63) is 70.5 Å². The first-order valence-corrected chi connectivity index (χ1v) is 7.29. The molecule has 0 fully saturated rings. The van der Waals surface area contributed by atoms with Crippen LogP contribution in [0.3, 0.4) is 0 Å². The normalized spacial score (nSPS) is 13.2. The fraction of sp³-hybridized carbons (Fsp3) is 0.294. The fourth-order valence-electron chi connectivity index (χ4n) is 2.52. The highest BCUT2D eigenvalue weighted by Gasteiger charge is 2.31. The smallest absolute Gasteiger partial charge is 0.127 e. The van der Waals surface area contributed by atoms with Crippen LogP contribution < -0.4 is 11.3 Å². The van der Waals surface area contributed by atoms with Gasteiger partial charge in [0.2, 0.25) is 0 Å². The van der Waals surface area contributed by atoms with E-state index in [0.29, 0.717) is 17.0 Å². The molecule has 2 aromatic carbocycles. The third-order valence-electron chi connectivity index (χ3n) is 4.06. The van der Waals surface area contributed by atoms with Crippen LogP contribution in [0, 0.1) is 5.82 Å². The van der Waals surface area contributed by atoms with Gasteiger partial charge in [0.1, 0.15) is 5.82 Å². The van der Waals surface area contributed by atoms with Crippen LogP contribution in [-0.4, -0.2) is 6.04 Å². The second-order valence-electron chi connectivity index (χ2n) is 5.71. The van der Waals surface area contributed by atoms with E-state index in [4.69, 9.17) is 17.4 Å². The Kier molecular flexibility index (Phi) is 4.99. The predicted octanol–water partition coefficient (Wildman–Crippen LogP) is 3.83. The standard InChI is InChI=1S/C17H20ClFN2/c1-17(2,12-7-4-3-5-8-12)16(21-20)11-13-14(18)9-6-10-15(13)19/h3-10,16,21H,11,20H2,1-2H3. The zero-order chi connectivity index (χ0) is 15.5. The SMILES string of the molecule is CC(C)(c1ccccc1)C(Cc1c(F)cccc1Cl)NN. The number of hydrazine groups is 1. The van der Waals surface area contributed by atoms with Crippen molar-refractivity contribution < 1.29 is 4.39 Å². The van der Waals surface area contributed by atoms with Crippen LogP contribution in [0.1, 0.15) is 25.0 Å². The Morgan fingerprint density at radius 1 is 1.14 bits per heavy atom. The molecule has 0 spiro atoms. The summed E-state index contributed by atoms with van der Waals surface area (Å²) in [5, 5.41) is 0.430. The zero-order valence-corrected chi connectivity index (χ0v) is 13.0. The lowest BCUT2D eigenvalue weighted by Gasteiger charge is -2.35. The molecule has 2 rings (SSSR count). The zero-order valence-electron chi connectivity index (χ0n) is 12.2. The lowest BCUT2D eigenvalue weighted by molar-refractivity contribution is 0.338. The van der Waals surface area contributed by atoms with E-state index in [2.05, 4.69) is 19.3 Å². The molecule has 0 aromatic heterocycles. The van der Waals surface area contributed by atoms with Gasteiger partial charge < -0.3 is 0 Å². The molecule has 0 aliphatic carbocycles. The first-order chi connectivity index (χ1) is 9.96. The van der Waals surface area contributed by atoms with Crippen LogP contribution in [0.25, 0.3) is 0 Å². The van der Waals surface area contributed by atoms with E-state index in [1.54, 1.807) is 12.1 Å². The maximum atomic E-state index is 14.0. The van der Waals surface area contributed by atoms with Crippen LogP contribution in [0.4, 0.5) is 4.39 Å². The van der Waals surface area contributed by atoms with Crippen LogP contribution in [-0.2, 0) is 11.8 Å². The van der Waals surface area contributed by atoms with Crippen molar-refractivity contribution in [3.63, 3.8) is 0 Å². The van der Waals surface area contributed by atoms with Crippen LogP contribution in [0.5, 0.6) is 0 Å². The number of halogens is 2. The maximum Gasteiger partial charge on any atom is 0.127 e. The van der Waals surface area contributed by atoms with Gasteiger partial charge in [-0.2, -0.15) is 0 Å². The minimum Gasteiger partial charge on any atom is -0.271 e. The molecule has 1 atom stereocenters. The Labute approximate surface area is 130 Å². The summed E-state index contributed by atoms with van der Waals surface area (Å²) in [5.74, 6) is 5.43. The highest BCUT2D eigenvalue weighted by Crippen LogP contribution is 2.31. The molecule has 112 valence electrons. The summed E-state index contributed by atoms with van der Waals surface area (Å²) in [6.07, 6.45) is 0.421. The number of nitrogens with two attached hydrogens (primary N) is 1. The third kappa shape index (κ3) is 3.43. The molecule has 0 amide bonds. The highest BCUT2D eigenvalue weighted by atomic mass is 35.5. The van der Waals surface area contributed by atoms with Crippen LogP contribution >= 0.6 is 11.6 Å². The lowest BCUT2D eigenvalue weighted by Crippen LogP contribution is -2.49. The predicted molar refractivity (Wildman–Crippen MR) is 85.7 cm³/mol. The van der Waals surface area contributed by atoms with E-state index >= 15 is 0 Å². The second kappa shape index (κ2) is 6.56. The van der Waals surface area contributed by atoms with Crippen molar-refractivity contribution >= 4 is 11.6 Å². The van der Waals surface area contributed by atoms with Crippen molar-refractivity contribution in [1.29, 1.82) is 0 Å². The monoisotopic (exact) mass is 306 g/mol. The summed E-state index contributed by atoms with van der Waals surface area (Å²) in [5.41, 5.74) is 4.19. The van der Waals surface area contributed by atoms with Gasteiger partial charge in [-0.3, -0.25) is 11.3 Å². The van der Waals surface area contributed by atoms with Crippen LogP contribution in [0.15, 0.2) is 48.5 Å². The van der Waals surface area contributed by atoms with Crippen molar-refractivity contribution in [1.82, 2.24) is 5.43 Å². The highest BCUT2D eigenvalue weighted by molar-refractivity contribution is 6.31. The Bertz CT molecular complexity index is 579. The Balaban J connectivity index is 2.32. The molecule has 3 N–H and O–H groups in total. The van der Waals surface area contributed by atoms with Crippen molar-refractivity contribution in [2.75, 3.05) is 0 Å². The van der Waals surface area contributed by atoms with E-state index in [-0.39, 0.29) is 17.3 Å². The molecule has 0 aliphatic rings. The molecule has 2 aromatic rings. The minimum absolute atomic E-state index is 0.144. The van der Waals surface area contributed by atoms with Crippen molar-refractivity contribution in [2.24, 2.45) is 5.84 Å². The minimum atomic E-state index is -0.299. The summed E-state index contributed by atoms with van der Waals surface area (Å²) in [4.78, 5) is 0. The molecule has 0 heterocycles. The summed E-state index contributed by atoms with van der Waals surface area (Å²) in [7, 11) is 0. The number of benzene rings is 2. The second-order valence-corrected chi connectivity index (χ2v) is 6.12. The molecular formula is C17H20ClFN2. The lowest BCUT2D eigenvalue weighted by atomic mass is 9.75. The molecular weight excluding hydrogens is 287 g/mol. The van der Waals surface area contributed by atoms with Gasteiger partial charge in [-0.25, -0.2) is 4.39 Å². The Hall–Kier alpha value is -1.42. The molecule has 0 bridgehead atoms. The third-order valence-corrected chi connectivity index (χ3v) is 4.41. The van der Waals surface area contributed by atoms with Gasteiger partial charge in [-0.1, -0.05) is 61.8 Å². The molecule has 0 saturated carbocycles. The Morgan fingerprint density at radius 3 is 2.38 bits per heavy atom. The van der Waals surface area contributed by atoms with E-state index in [9.17, 15) is 4.39 Å². The largest absolute Gasteiger partial charge is 0.271 e. The van der Waals surface area contributed by atoms with Gasteiger partial charge >= 0.3 is 0 Å². The summed E-state index contributed by atoms with van der Waals surface area (Å²) in [6, 6.07) is 14.6. The first-order valence-electron chi connectivity index (χ1n) is 6.91. The molecule has 2 nitrogen and oxygen atoms in total. The average Bonchev–Trinajstić information content (AvgIpc) is 2.47. The van der Waals surface area contributed by atoms with E-state index in [0.717, 1.165) is 5.56 Å². The van der Waals surface area contributed by atoms with Crippen LogP contribution in [0.2, 0.25) is 5.02 Å². The van der Waals surface area contributed by atoms with E-state index < -0.39 is 0 Å². The van der Waals surface area contributed by atoms with Gasteiger partial charge in [0.15, 0.2) is 0 Å². The van der Waals surface area contributed by atoms with Crippen molar-refractivity contribution in [3.8, 4) is 0 Å². The van der Waals surface area contributed by atoms with Gasteiger partial charge in [0.25, 0.3) is 0 Å². The average molecular weight is 307 g/mol. The molecule has 21 heavy (non-hydrogen) atoms. The topological polar surface area (TPSA) is 38.0 Å². The van der Waals surface area contributed by atoms with E-state index in [1.807, 2.05) is 30.3 Å². The van der Waals surface area contributed by atoms with Gasteiger partial charge in [0, 0.05) is 22.0 Å². The molecule has 0 aliphatic heterocycles. The molecule has 4 heteroatoms. The number of hydrogen-bond donors (Lipinski definition) is 2. The number of rotatable bonds is 5. The molecule has 1 unspecified atom stereocenters. The molecule has 0 radical (unpaired) electrons. The Morgan fingerprint density at radius 2 is 1.81 bits per heavy atom. The van der Waals surface area contributed by atoms with Gasteiger partial charge in [0.05, 0.1) is 0 Å². The summed E-state index contributed by atoms with van der Waals surface area (Å²) >= 11 is 6.12. The molecule has 0 saturated heterocycles. The van der Waals surface area contributed by atoms with Crippen molar-refractivity contribution in [2.45, 2.75) is 31.7 Å². The van der Waals surface area contributed by atoms with Gasteiger partial charge in [-0.05, 0) is 24.1 Å². The van der Waals surface area contributed by atoms with Gasteiger partial charge in [-0.15, -0.1) is 0 Å². The number of nitrogens with one attached hydrogen (secondary N) is 1. The quantitative estimate of drug-likeness (QED) is 0.651. The summed E-state index contributed by atoms with van der Waals surface area (Å²) < 4.78 is 14.0. The maximum absolute atomic E-state index is 14.0. The number of hydrogen-bond acceptors (Lipinski definition) is 2. The fourth-order valence-corrected chi connectivity index (χ4v) is 2.76. The van der Waals surface area contributed by atoms with E-state index in [1.165, 1.54) is 6.07 Å². The first kappa shape index (κ1) is 16.0. The summed E-state index contributed by atoms with van der Waals surface area (Å²) in [6.45, 7) is 4.17.